The van der Waals surface area contributed by atoms with E-state index in [1.54, 1.807) is 0 Å². The lowest BCUT2D eigenvalue weighted by atomic mass is 9.75. The third kappa shape index (κ3) is 10.6. The molecule has 0 heterocycles. The van der Waals surface area contributed by atoms with Gasteiger partial charge in [-0.3, -0.25) is 0 Å². The molecule has 58 heavy (non-hydrogen) atoms. The summed E-state index contributed by atoms with van der Waals surface area (Å²) in [5, 5.41) is 2.92. The molecule has 0 amide bonds. The second-order valence-electron chi connectivity index (χ2n) is 22.6. The van der Waals surface area contributed by atoms with Gasteiger partial charge in [-0.05, 0) is 88.1 Å². The van der Waals surface area contributed by atoms with Gasteiger partial charge in [-0.15, -0.1) is 0 Å². The van der Waals surface area contributed by atoms with Gasteiger partial charge < -0.3 is 0 Å². The van der Waals surface area contributed by atoms with Gasteiger partial charge in [0.05, 0.1) is 0 Å². The normalized spacial score (nSPS) is 14.4. The molecule has 0 aliphatic rings. The van der Waals surface area contributed by atoms with E-state index in [0.29, 0.717) is 0 Å². The van der Waals surface area contributed by atoms with E-state index < -0.39 is 0 Å². The fourth-order valence-electron chi connectivity index (χ4n) is 7.39. The Morgan fingerprint density at radius 2 is 0.586 bits per heavy atom. The number of hydrogen-bond donors (Lipinski definition) is 0. The Labute approximate surface area is 357 Å². The maximum absolute atomic E-state index is 2.54. The van der Waals surface area contributed by atoms with Gasteiger partial charge in [0.15, 0.2) is 0 Å². The number of hydrogen-bond acceptors (Lipinski definition) is 0. The largest absolute Gasteiger partial charge is 0.0622 e. The summed E-state index contributed by atoms with van der Waals surface area (Å²) in [5.74, 6) is 0. The average molecular weight is 807 g/mol. The minimum Gasteiger partial charge on any atom is -0.0622 e. The van der Waals surface area contributed by atoms with E-state index >= 15 is 0 Å². The highest BCUT2D eigenvalue weighted by atomic mass is 31.1. The molecule has 0 nitrogen and oxygen atoms in total. The van der Waals surface area contributed by atoms with Crippen LogP contribution in [0.1, 0.15) is 180 Å². The Balaban J connectivity index is 2.06. The van der Waals surface area contributed by atoms with Gasteiger partial charge in [-0.25, -0.2) is 0 Å². The molecule has 5 aromatic carbocycles. The summed E-state index contributed by atoms with van der Waals surface area (Å²) in [5.41, 5.74) is 13.7. The lowest BCUT2D eigenvalue weighted by molar-refractivity contribution is 0.553. The van der Waals surface area contributed by atoms with E-state index in [2.05, 4.69) is 234 Å². The van der Waals surface area contributed by atoms with Crippen LogP contribution < -0.4 is 10.6 Å². The van der Waals surface area contributed by atoms with E-state index in [4.69, 9.17) is 0 Å². The molecular formula is C56H72P2. The van der Waals surface area contributed by atoms with Crippen molar-refractivity contribution in [3.63, 3.8) is 0 Å². The van der Waals surface area contributed by atoms with Gasteiger partial charge in [-0.2, -0.15) is 0 Å². The SMILES string of the molecule is CC(C)(C)c1cc(C(C)(C)C)c(P=c2c(/C=C/c3ccccc3)c(/C=C/c3ccccc3)c2=Pc2c(C(C)(C)C)cc(C(C)(C)C)cc2C(C)(C)C)c(C(C)(C)C)c1. The topological polar surface area (TPSA) is 0 Å². The van der Waals surface area contributed by atoms with Crippen LogP contribution in [0.25, 0.3) is 24.3 Å². The molecule has 0 aliphatic carbocycles. The quantitative estimate of drug-likeness (QED) is 0.150. The van der Waals surface area contributed by atoms with Gasteiger partial charge >= 0.3 is 0 Å². The van der Waals surface area contributed by atoms with Crippen LogP contribution in [0.2, 0.25) is 0 Å². The fraction of sp³-hybridized carbons (Fsp3) is 0.429. The van der Waals surface area contributed by atoms with Crippen LogP contribution in [-0.4, -0.2) is 0 Å². The summed E-state index contributed by atoms with van der Waals surface area (Å²) < 4.78 is 0. The first-order valence-electron chi connectivity index (χ1n) is 21.3. The molecule has 0 aromatic heterocycles. The van der Waals surface area contributed by atoms with E-state index in [9.17, 15) is 0 Å². The van der Waals surface area contributed by atoms with Crippen LogP contribution in [0.3, 0.4) is 0 Å². The van der Waals surface area contributed by atoms with Crippen LogP contribution >= 0.6 is 16.4 Å². The lowest BCUT2D eigenvalue weighted by Gasteiger charge is -2.33. The van der Waals surface area contributed by atoms with Crippen molar-refractivity contribution in [3.8, 4) is 0 Å². The Hall–Kier alpha value is -3.56. The van der Waals surface area contributed by atoms with Crippen molar-refractivity contribution in [2.45, 2.75) is 157 Å². The van der Waals surface area contributed by atoms with Crippen molar-refractivity contribution >= 4 is 51.3 Å². The molecule has 0 atom stereocenters. The monoisotopic (exact) mass is 807 g/mol. The van der Waals surface area contributed by atoms with Crippen molar-refractivity contribution < 1.29 is 0 Å². The van der Waals surface area contributed by atoms with Crippen molar-refractivity contribution in [3.05, 3.63) is 150 Å². The predicted octanol–water partition coefficient (Wildman–Crippen LogP) is 16.3. The van der Waals surface area contributed by atoms with E-state index in [1.165, 1.54) is 92.5 Å². The highest BCUT2D eigenvalue weighted by Crippen LogP contribution is 2.41. The Bertz CT molecular complexity index is 2150. The van der Waals surface area contributed by atoms with Gasteiger partial charge in [0.2, 0.25) is 0 Å². The third-order valence-corrected chi connectivity index (χ3v) is 14.1. The highest BCUT2D eigenvalue weighted by molar-refractivity contribution is 7.42. The molecule has 5 aromatic rings. The summed E-state index contributed by atoms with van der Waals surface area (Å²) >= 11 is 0. The number of benzene rings is 4. The van der Waals surface area contributed by atoms with Crippen molar-refractivity contribution in [1.82, 2.24) is 0 Å². The lowest BCUT2D eigenvalue weighted by Crippen LogP contribution is -2.30. The Morgan fingerprint density at radius 3 is 0.810 bits per heavy atom. The Kier molecular flexibility index (Phi) is 12.9. The van der Waals surface area contributed by atoms with E-state index in [-0.39, 0.29) is 32.5 Å². The van der Waals surface area contributed by atoms with Gasteiger partial charge in [0.25, 0.3) is 0 Å². The molecule has 0 spiro atoms. The molecule has 0 saturated heterocycles. The molecule has 0 N–H and O–H groups in total. The average Bonchev–Trinajstić information content (AvgIpc) is 3.09. The first kappa shape index (κ1) is 45.5. The zero-order valence-corrected chi connectivity index (χ0v) is 41.1. The number of rotatable bonds is 6. The molecule has 0 unspecified atom stereocenters. The summed E-state index contributed by atoms with van der Waals surface area (Å²) in [6.45, 7) is 42.9. The van der Waals surface area contributed by atoms with Crippen molar-refractivity contribution in [2.75, 3.05) is 0 Å². The van der Waals surface area contributed by atoms with Gasteiger partial charge in [0, 0.05) is 20.5 Å². The molecule has 306 valence electrons. The molecule has 2 heteroatoms. The Morgan fingerprint density at radius 1 is 0.328 bits per heavy atom. The summed E-state index contributed by atoms with van der Waals surface area (Å²) in [7, 11) is 2.53. The molecule has 0 radical (unpaired) electrons. The first-order chi connectivity index (χ1) is 26.6. The van der Waals surface area contributed by atoms with Crippen LogP contribution in [0.15, 0.2) is 84.9 Å². The molecular weight excluding hydrogens is 735 g/mol. The zero-order valence-electron chi connectivity index (χ0n) is 39.3. The third-order valence-electron chi connectivity index (χ3n) is 11.1. The summed E-state index contributed by atoms with van der Waals surface area (Å²) in [4.78, 5) is 2.86. The van der Waals surface area contributed by atoms with E-state index in [1.807, 2.05) is 0 Å². The first-order valence-corrected chi connectivity index (χ1v) is 23.1. The molecule has 5 rings (SSSR count). The second kappa shape index (κ2) is 16.5. The van der Waals surface area contributed by atoms with Crippen LogP contribution in [0, 0.1) is 9.88 Å². The second-order valence-corrected chi connectivity index (χ2v) is 24.8. The minimum atomic E-state index is -0.0346. The van der Waals surface area contributed by atoms with E-state index in [0.717, 1.165) is 0 Å². The summed E-state index contributed by atoms with van der Waals surface area (Å²) in [6, 6.07) is 31.7. The predicted molar refractivity (Wildman–Crippen MR) is 264 cm³/mol. The maximum Gasteiger partial charge on any atom is 0.0227 e. The highest BCUT2D eigenvalue weighted by Gasteiger charge is 2.31. The molecule has 0 aliphatic heterocycles. The smallest absolute Gasteiger partial charge is 0.0227 e. The fourth-order valence-corrected chi connectivity index (χ4v) is 11.3. The van der Waals surface area contributed by atoms with Crippen molar-refractivity contribution in [1.29, 1.82) is 0 Å². The van der Waals surface area contributed by atoms with Gasteiger partial charge in [-0.1, -0.05) is 250 Å². The molecule has 0 fully saturated rings. The zero-order chi connectivity index (χ0) is 43.2. The van der Waals surface area contributed by atoms with Crippen molar-refractivity contribution in [2.24, 2.45) is 0 Å². The van der Waals surface area contributed by atoms with Crippen LogP contribution in [-0.2, 0) is 32.5 Å². The summed E-state index contributed by atoms with van der Waals surface area (Å²) in [6.07, 6.45) is 9.42. The minimum absolute atomic E-state index is 0.0346. The standard InChI is InChI=1S/C56H72P2/c1-51(2,3)39-33-43(53(7,8)9)49(44(34-39)54(10,11)12)57-47-41(31-29-37-25-21-19-22-26-37)42(32-30-38-27-23-20-24-28-38)48(47)58-50-45(55(13,14)15)35-40(52(4,5)6)36-46(50)56(16,17)18/h19-36H,1-18H3/b31-29+,32-30+. The van der Waals surface area contributed by atoms with Gasteiger partial charge in [0.1, 0.15) is 0 Å². The molecule has 0 bridgehead atoms. The molecule has 0 saturated carbocycles. The maximum atomic E-state index is 2.54. The van der Waals surface area contributed by atoms with Crippen LogP contribution in [0.4, 0.5) is 0 Å². The van der Waals surface area contributed by atoms with Crippen LogP contribution in [0.5, 0.6) is 0 Å².